The largest absolute Gasteiger partial charge is 0.454 e. The monoisotopic (exact) mass is 257 g/mol. The summed E-state index contributed by atoms with van der Waals surface area (Å²) < 4.78 is 36.1. The van der Waals surface area contributed by atoms with Crippen LogP contribution in [0.25, 0.3) is 0 Å². The molecule has 94 valence electrons. The molecule has 1 aliphatic heterocycles. The van der Waals surface area contributed by atoms with Gasteiger partial charge >= 0.3 is 0 Å². The molecule has 0 fully saturated rings. The van der Waals surface area contributed by atoms with Crippen molar-refractivity contribution in [3.05, 3.63) is 23.8 Å². The van der Waals surface area contributed by atoms with Gasteiger partial charge in [-0.3, -0.25) is 0 Å². The van der Waals surface area contributed by atoms with Crippen LogP contribution in [-0.4, -0.2) is 21.0 Å². The third-order valence-electron chi connectivity index (χ3n) is 2.43. The molecule has 2 rings (SSSR count). The minimum absolute atomic E-state index is 0.138. The molecule has 0 unspecified atom stereocenters. The average molecular weight is 257 g/mol. The van der Waals surface area contributed by atoms with Gasteiger partial charge in [-0.2, -0.15) is 0 Å². The minimum atomic E-state index is -3.19. The van der Waals surface area contributed by atoms with Crippen molar-refractivity contribution in [1.29, 1.82) is 0 Å². The number of hydrogen-bond acceptors (Lipinski definition) is 4. The van der Waals surface area contributed by atoms with Crippen molar-refractivity contribution in [3.8, 4) is 11.5 Å². The molecule has 1 aromatic rings. The normalized spacial score (nSPS) is 13.9. The van der Waals surface area contributed by atoms with Gasteiger partial charge in [-0.05, 0) is 12.5 Å². The lowest BCUT2D eigenvalue weighted by Gasteiger charge is -2.07. The topological polar surface area (TPSA) is 64.6 Å². The Bertz CT molecular complexity index is 498. The van der Waals surface area contributed by atoms with E-state index in [0.29, 0.717) is 17.9 Å². The highest BCUT2D eigenvalue weighted by molar-refractivity contribution is 7.89. The molecule has 0 radical (unpaired) electrons. The van der Waals surface area contributed by atoms with Crippen LogP contribution in [0, 0.1) is 0 Å². The van der Waals surface area contributed by atoms with E-state index in [4.69, 9.17) is 9.47 Å². The van der Waals surface area contributed by atoms with Crippen LogP contribution in [0.15, 0.2) is 18.2 Å². The lowest BCUT2D eigenvalue weighted by molar-refractivity contribution is 0.173. The molecule has 0 atom stereocenters. The maximum absolute atomic E-state index is 11.5. The predicted molar refractivity (Wildman–Crippen MR) is 63.5 cm³/mol. The zero-order valence-electron chi connectivity index (χ0n) is 9.60. The van der Waals surface area contributed by atoms with Gasteiger partial charge in [0.05, 0.1) is 5.75 Å². The number of rotatable bonds is 5. The molecular formula is C11H15NO4S. The van der Waals surface area contributed by atoms with E-state index in [0.717, 1.165) is 5.56 Å². The van der Waals surface area contributed by atoms with Crippen LogP contribution in [0.1, 0.15) is 18.9 Å². The van der Waals surface area contributed by atoms with Crippen LogP contribution in [-0.2, 0) is 16.6 Å². The number of para-hydroxylation sites is 1. The fourth-order valence-electron chi connectivity index (χ4n) is 1.66. The lowest BCUT2D eigenvalue weighted by Crippen LogP contribution is -2.25. The molecule has 6 heteroatoms. The van der Waals surface area contributed by atoms with E-state index in [1.807, 2.05) is 19.1 Å². The van der Waals surface area contributed by atoms with Crippen LogP contribution < -0.4 is 14.2 Å². The third-order valence-corrected chi connectivity index (χ3v) is 3.96. The maximum Gasteiger partial charge on any atom is 0.231 e. The van der Waals surface area contributed by atoms with Crippen molar-refractivity contribution in [2.24, 2.45) is 0 Å². The van der Waals surface area contributed by atoms with E-state index in [1.165, 1.54) is 0 Å². The first-order valence-electron chi connectivity index (χ1n) is 5.47. The summed E-state index contributed by atoms with van der Waals surface area (Å²) in [5, 5.41) is 0. The van der Waals surface area contributed by atoms with Crippen LogP contribution >= 0.6 is 0 Å². The van der Waals surface area contributed by atoms with E-state index in [1.54, 1.807) is 6.07 Å². The Morgan fingerprint density at radius 2 is 2.18 bits per heavy atom. The first-order chi connectivity index (χ1) is 8.12. The van der Waals surface area contributed by atoms with Gasteiger partial charge in [0.1, 0.15) is 0 Å². The summed E-state index contributed by atoms with van der Waals surface area (Å²) in [6.45, 7) is 2.25. The van der Waals surface area contributed by atoms with Gasteiger partial charge in [0.25, 0.3) is 0 Å². The van der Waals surface area contributed by atoms with E-state index >= 15 is 0 Å². The molecule has 0 bridgehead atoms. The third kappa shape index (κ3) is 2.89. The molecule has 0 saturated heterocycles. The standard InChI is InChI=1S/C11H15NO4S/c1-2-6-17(13,14)12-7-9-4-3-5-10-11(9)16-8-15-10/h3-5,12H,2,6-8H2,1H3. The van der Waals surface area contributed by atoms with Crippen molar-refractivity contribution in [1.82, 2.24) is 4.72 Å². The molecule has 1 aliphatic rings. The van der Waals surface area contributed by atoms with Gasteiger partial charge in [0.2, 0.25) is 16.8 Å². The molecule has 0 spiro atoms. The highest BCUT2D eigenvalue weighted by atomic mass is 32.2. The zero-order chi connectivity index (χ0) is 12.3. The second-order valence-electron chi connectivity index (χ2n) is 3.79. The average Bonchev–Trinajstić information content (AvgIpc) is 2.74. The van der Waals surface area contributed by atoms with Crippen LogP contribution in [0.3, 0.4) is 0 Å². The SMILES string of the molecule is CCCS(=O)(=O)NCc1cccc2c1OCO2. The molecule has 1 aromatic carbocycles. The molecule has 0 aliphatic carbocycles. The molecule has 0 aromatic heterocycles. The Kier molecular flexibility index (Phi) is 3.54. The fraction of sp³-hybridized carbons (Fsp3) is 0.455. The molecule has 5 nitrogen and oxygen atoms in total. The Labute approximate surface area is 101 Å². The van der Waals surface area contributed by atoms with Crippen molar-refractivity contribution in [2.75, 3.05) is 12.5 Å². The second kappa shape index (κ2) is 4.93. The summed E-state index contributed by atoms with van der Waals surface area (Å²) in [4.78, 5) is 0. The Morgan fingerprint density at radius 3 is 2.94 bits per heavy atom. The van der Waals surface area contributed by atoms with Crippen molar-refractivity contribution >= 4 is 10.0 Å². The summed E-state index contributed by atoms with van der Waals surface area (Å²) in [6.07, 6.45) is 0.599. The van der Waals surface area contributed by atoms with Crippen molar-refractivity contribution in [3.63, 3.8) is 0 Å². The number of nitrogens with one attached hydrogen (secondary N) is 1. The van der Waals surface area contributed by atoms with Gasteiger partial charge < -0.3 is 9.47 Å². The fourth-order valence-corrected chi connectivity index (χ4v) is 2.72. The van der Waals surface area contributed by atoms with Crippen molar-refractivity contribution < 1.29 is 17.9 Å². The second-order valence-corrected chi connectivity index (χ2v) is 5.72. The van der Waals surface area contributed by atoms with Gasteiger partial charge in [0.15, 0.2) is 11.5 Å². The van der Waals surface area contributed by atoms with Crippen molar-refractivity contribution in [2.45, 2.75) is 19.9 Å². The van der Waals surface area contributed by atoms with Crippen LogP contribution in [0.4, 0.5) is 0 Å². The number of hydrogen-bond donors (Lipinski definition) is 1. The van der Waals surface area contributed by atoms with Gasteiger partial charge in [-0.1, -0.05) is 19.1 Å². The smallest absolute Gasteiger partial charge is 0.231 e. The predicted octanol–water partition coefficient (Wildman–Crippen LogP) is 1.24. The Balaban J connectivity index is 2.08. The quantitative estimate of drug-likeness (QED) is 0.862. The van der Waals surface area contributed by atoms with E-state index in [-0.39, 0.29) is 19.1 Å². The van der Waals surface area contributed by atoms with Crippen LogP contribution in [0.2, 0.25) is 0 Å². The van der Waals surface area contributed by atoms with Gasteiger partial charge in [-0.25, -0.2) is 13.1 Å². The Hall–Kier alpha value is -1.27. The number of fused-ring (bicyclic) bond motifs is 1. The summed E-state index contributed by atoms with van der Waals surface area (Å²) >= 11 is 0. The molecule has 0 amide bonds. The molecule has 17 heavy (non-hydrogen) atoms. The first-order valence-corrected chi connectivity index (χ1v) is 7.12. The number of ether oxygens (including phenoxy) is 2. The number of sulfonamides is 1. The van der Waals surface area contributed by atoms with Gasteiger partial charge in [-0.15, -0.1) is 0 Å². The summed E-state index contributed by atoms with van der Waals surface area (Å²) in [6, 6.07) is 5.44. The van der Waals surface area contributed by atoms with E-state index in [2.05, 4.69) is 4.72 Å². The van der Waals surface area contributed by atoms with E-state index < -0.39 is 10.0 Å². The molecule has 1 heterocycles. The highest BCUT2D eigenvalue weighted by Gasteiger charge is 2.18. The summed E-state index contributed by atoms with van der Waals surface area (Å²) in [5.74, 6) is 1.43. The highest BCUT2D eigenvalue weighted by Crippen LogP contribution is 2.35. The Morgan fingerprint density at radius 1 is 1.35 bits per heavy atom. The zero-order valence-corrected chi connectivity index (χ0v) is 10.4. The lowest BCUT2D eigenvalue weighted by atomic mass is 10.2. The first kappa shape index (κ1) is 12.2. The minimum Gasteiger partial charge on any atom is -0.454 e. The number of benzene rings is 1. The van der Waals surface area contributed by atoms with Gasteiger partial charge in [0, 0.05) is 12.1 Å². The molecule has 1 N–H and O–H groups in total. The molecular weight excluding hydrogens is 242 g/mol. The summed E-state index contributed by atoms with van der Waals surface area (Å²) in [5.41, 5.74) is 0.791. The maximum atomic E-state index is 11.5. The summed E-state index contributed by atoms with van der Waals surface area (Å²) in [7, 11) is -3.19. The van der Waals surface area contributed by atoms with E-state index in [9.17, 15) is 8.42 Å². The van der Waals surface area contributed by atoms with Crippen LogP contribution in [0.5, 0.6) is 11.5 Å². The molecule has 0 saturated carbocycles.